The van der Waals surface area contributed by atoms with Crippen LogP contribution in [0.4, 0.5) is 0 Å². The molecule has 1 aromatic rings. The fourth-order valence-corrected chi connectivity index (χ4v) is 1.94. The van der Waals surface area contributed by atoms with Gasteiger partial charge in [-0.25, -0.2) is 4.68 Å². The number of nitrogens with zero attached hydrogens (tertiary/aromatic N) is 5. The third-order valence-corrected chi connectivity index (χ3v) is 3.22. The maximum absolute atomic E-state index is 11.8. The Hall–Kier alpha value is -1.46. The normalized spacial score (nSPS) is 10.6. The SMILES string of the molecule is CCCCCCCCN(C)C(=O)CCn1cnnn1. The minimum atomic E-state index is 0.157. The molecule has 0 aliphatic carbocycles. The van der Waals surface area contributed by atoms with Gasteiger partial charge < -0.3 is 4.90 Å². The molecular weight excluding hydrogens is 242 g/mol. The molecular formula is C13H25N5O. The number of tetrazole rings is 1. The van der Waals surface area contributed by atoms with Crippen molar-refractivity contribution < 1.29 is 4.79 Å². The summed E-state index contributed by atoms with van der Waals surface area (Å²) in [5, 5.41) is 10.8. The second-order valence-electron chi connectivity index (χ2n) is 4.91. The van der Waals surface area contributed by atoms with E-state index in [1.54, 1.807) is 4.68 Å². The zero-order chi connectivity index (χ0) is 13.9. The Morgan fingerprint density at radius 1 is 1.21 bits per heavy atom. The monoisotopic (exact) mass is 267 g/mol. The fraction of sp³-hybridized carbons (Fsp3) is 0.846. The highest BCUT2D eigenvalue weighted by Crippen LogP contribution is 2.06. The number of aryl methyl sites for hydroxylation is 1. The molecule has 0 aromatic carbocycles. The summed E-state index contributed by atoms with van der Waals surface area (Å²) in [6.07, 6.45) is 9.48. The molecule has 0 atom stereocenters. The fourth-order valence-electron chi connectivity index (χ4n) is 1.94. The van der Waals surface area contributed by atoms with E-state index in [1.807, 2.05) is 11.9 Å². The molecule has 0 bridgehead atoms. The molecule has 1 heterocycles. The first kappa shape index (κ1) is 15.6. The molecule has 108 valence electrons. The topological polar surface area (TPSA) is 63.9 Å². The molecule has 1 amide bonds. The highest BCUT2D eigenvalue weighted by atomic mass is 16.2. The van der Waals surface area contributed by atoms with Gasteiger partial charge in [0.1, 0.15) is 6.33 Å². The van der Waals surface area contributed by atoms with Crippen LogP contribution in [0.5, 0.6) is 0 Å². The van der Waals surface area contributed by atoms with Gasteiger partial charge in [0.25, 0.3) is 0 Å². The Morgan fingerprint density at radius 2 is 1.95 bits per heavy atom. The van der Waals surface area contributed by atoms with Crippen LogP contribution in [0.3, 0.4) is 0 Å². The van der Waals surface area contributed by atoms with Gasteiger partial charge in [0, 0.05) is 20.0 Å². The van der Waals surface area contributed by atoms with Crippen LogP contribution in [0.1, 0.15) is 51.9 Å². The molecule has 0 fully saturated rings. The average Bonchev–Trinajstić information content (AvgIpc) is 2.93. The third-order valence-electron chi connectivity index (χ3n) is 3.22. The molecule has 19 heavy (non-hydrogen) atoms. The van der Waals surface area contributed by atoms with E-state index < -0.39 is 0 Å². The third kappa shape index (κ3) is 6.88. The van der Waals surface area contributed by atoms with Crippen LogP contribution >= 0.6 is 0 Å². The van der Waals surface area contributed by atoms with Gasteiger partial charge in [-0.05, 0) is 16.8 Å². The van der Waals surface area contributed by atoms with Crippen molar-refractivity contribution in [2.45, 2.75) is 58.4 Å². The van der Waals surface area contributed by atoms with Crippen LogP contribution in [-0.2, 0) is 11.3 Å². The number of hydrogen-bond acceptors (Lipinski definition) is 4. The Bertz CT molecular complexity index is 339. The van der Waals surface area contributed by atoms with Crippen molar-refractivity contribution in [3.05, 3.63) is 6.33 Å². The number of rotatable bonds is 10. The molecule has 6 nitrogen and oxygen atoms in total. The number of amides is 1. The quantitative estimate of drug-likeness (QED) is 0.607. The molecule has 0 aliphatic rings. The van der Waals surface area contributed by atoms with Crippen molar-refractivity contribution in [3.63, 3.8) is 0 Å². The minimum Gasteiger partial charge on any atom is -0.346 e. The van der Waals surface area contributed by atoms with Crippen molar-refractivity contribution in [2.75, 3.05) is 13.6 Å². The molecule has 0 saturated carbocycles. The lowest BCUT2D eigenvalue weighted by Crippen LogP contribution is -2.28. The molecule has 0 spiro atoms. The Morgan fingerprint density at radius 3 is 2.63 bits per heavy atom. The smallest absolute Gasteiger partial charge is 0.224 e. The van der Waals surface area contributed by atoms with Crippen LogP contribution in [-0.4, -0.2) is 44.6 Å². The summed E-state index contributed by atoms with van der Waals surface area (Å²) in [6, 6.07) is 0. The van der Waals surface area contributed by atoms with Crippen LogP contribution < -0.4 is 0 Å². The van der Waals surface area contributed by atoms with Gasteiger partial charge in [0.05, 0.1) is 6.54 Å². The second kappa shape index (κ2) is 9.47. The lowest BCUT2D eigenvalue weighted by molar-refractivity contribution is -0.130. The summed E-state index contributed by atoms with van der Waals surface area (Å²) in [5.74, 6) is 0.157. The maximum atomic E-state index is 11.8. The number of aromatic nitrogens is 4. The van der Waals surface area contributed by atoms with Gasteiger partial charge in [0.15, 0.2) is 0 Å². The number of unbranched alkanes of at least 4 members (excludes halogenated alkanes) is 5. The largest absolute Gasteiger partial charge is 0.346 e. The van der Waals surface area contributed by atoms with Crippen molar-refractivity contribution in [2.24, 2.45) is 0 Å². The zero-order valence-electron chi connectivity index (χ0n) is 12.1. The number of carbonyl (C=O) groups is 1. The van der Waals surface area contributed by atoms with E-state index in [4.69, 9.17) is 0 Å². The molecule has 0 N–H and O–H groups in total. The predicted molar refractivity (Wildman–Crippen MR) is 73.4 cm³/mol. The Balaban J connectivity index is 2.04. The van der Waals surface area contributed by atoms with E-state index in [2.05, 4.69) is 22.4 Å². The predicted octanol–water partition coefficient (Wildman–Crippen LogP) is 1.88. The summed E-state index contributed by atoms with van der Waals surface area (Å²) in [7, 11) is 1.87. The summed E-state index contributed by atoms with van der Waals surface area (Å²) >= 11 is 0. The van der Waals surface area contributed by atoms with Crippen LogP contribution in [0, 0.1) is 0 Å². The van der Waals surface area contributed by atoms with E-state index in [-0.39, 0.29) is 5.91 Å². The van der Waals surface area contributed by atoms with Gasteiger partial charge in [0.2, 0.25) is 5.91 Å². The summed E-state index contributed by atoms with van der Waals surface area (Å²) in [6.45, 7) is 3.62. The van der Waals surface area contributed by atoms with Crippen molar-refractivity contribution >= 4 is 5.91 Å². The van der Waals surface area contributed by atoms with Gasteiger partial charge >= 0.3 is 0 Å². The van der Waals surface area contributed by atoms with E-state index in [1.165, 1.54) is 38.4 Å². The summed E-state index contributed by atoms with van der Waals surface area (Å²) in [4.78, 5) is 13.7. The first-order valence-corrected chi connectivity index (χ1v) is 7.18. The molecule has 0 saturated heterocycles. The Labute approximate surface area is 115 Å². The lowest BCUT2D eigenvalue weighted by Gasteiger charge is -2.16. The lowest BCUT2D eigenvalue weighted by atomic mass is 10.1. The average molecular weight is 267 g/mol. The maximum Gasteiger partial charge on any atom is 0.224 e. The van der Waals surface area contributed by atoms with Gasteiger partial charge in [-0.2, -0.15) is 0 Å². The first-order valence-electron chi connectivity index (χ1n) is 7.18. The molecule has 0 unspecified atom stereocenters. The first-order chi connectivity index (χ1) is 9.24. The standard InChI is InChI=1S/C13H25N5O/c1-3-4-5-6-7-8-10-17(2)13(19)9-11-18-12-14-15-16-18/h12H,3-11H2,1-2H3. The van der Waals surface area contributed by atoms with Crippen molar-refractivity contribution in [1.29, 1.82) is 0 Å². The second-order valence-corrected chi connectivity index (χ2v) is 4.91. The van der Waals surface area contributed by atoms with E-state index >= 15 is 0 Å². The number of hydrogen-bond donors (Lipinski definition) is 0. The minimum absolute atomic E-state index is 0.157. The highest BCUT2D eigenvalue weighted by Gasteiger charge is 2.08. The molecule has 1 rings (SSSR count). The van der Waals surface area contributed by atoms with Gasteiger partial charge in [-0.3, -0.25) is 4.79 Å². The summed E-state index contributed by atoms with van der Waals surface area (Å²) in [5.41, 5.74) is 0. The van der Waals surface area contributed by atoms with Gasteiger partial charge in [-0.15, -0.1) is 5.10 Å². The molecule has 0 aliphatic heterocycles. The number of carbonyl (C=O) groups excluding carboxylic acids is 1. The highest BCUT2D eigenvalue weighted by molar-refractivity contribution is 5.75. The van der Waals surface area contributed by atoms with Crippen LogP contribution in [0.25, 0.3) is 0 Å². The zero-order valence-corrected chi connectivity index (χ0v) is 12.1. The summed E-state index contributed by atoms with van der Waals surface area (Å²) < 4.78 is 1.58. The molecule has 6 heteroatoms. The van der Waals surface area contributed by atoms with E-state index in [0.29, 0.717) is 13.0 Å². The Kier molecular flexibility index (Phi) is 7.77. The van der Waals surface area contributed by atoms with E-state index in [0.717, 1.165) is 13.0 Å². The van der Waals surface area contributed by atoms with Crippen molar-refractivity contribution in [1.82, 2.24) is 25.1 Å². The van der Waals surface area contributed by atoms with Gasteiger partial charge in [-0.1, -0.05) is 39.0 Å². The molecule has 0 radical (unpaired) electrons. The van der Waals surface area contributed by atoms with Crippen LogP contribution in [0.2, 0.25) is 0 Å². The van der Waals surface area contributed by atoms with Crippen molar-refractivity contribution in [3.8, 4) is 0 Å². The van der Waals surface area contributed by atoms with Crippen LogP contribution in [0.15, 0.2) is 6.33 Å². The molecule has 1 aromatic heterocycles. The van der Waals surface area contributed by atoms with E-state index in [9.17, 15) is 4.79 Å².